The van der Waals surface area contributed by atoms with Gasteiger partial charge in [0.15, 0.2) is 5.58 Å². The maximum Gasteiger partial charge on any atom is 0.417 e. The molecule has 0 saturated heterocycles. The lowest BCUT2D eigenvalue weighted by atomic mass is 9.86. The maximum atomic E-state index is 11.2. The lowest BCUT2D eigenvalue weighted by Gasteiger charge is -2.23. The first kappa shape index (κ1) is 13.6. The number of hydrogen-bond acceptors (Lipinski definition) is 3. The zero-order valence-electron chi connectivity index (χ0n) is 11.9. The Labute approximate surface area is 122 Å². The van der Waals surface area contributed by atoms with Crippen LogP contribution in [0.25, 0.3) is 11.1 Å². The lowest BCUT2D eigenvalue weighted by Crippen LogP contribution is -2.19. The van der Waals surface area contributed by atoms with E-state index in [4.69, 9.17) is 10.2 Å². The molecular weight excluding hydrogens is 264 g/mol. The van der Waals surface area contributed by atoms with Gasteiger partial charge in [0.2, 0.25) is 0 Å². The van der Waals surface area contributed by atoms with Crippen LogP contribution >= 0.6 is 0 Å². The zero-order chi connectivity index (χ0) is 14.8. The molecule has 0 aliphatic carbocycles. The molecule has 1 heterocycles. The number of rotatable bonds is 4. The van der Waals surface area contributed by atoms with E-state index in [1.165, 1.54) is 5.56 Å². The molecular formula is C17H18N2O2. The molecule has 0 aliphatic heterocycles. The zero-order valence-corrected chi connectivity index (χ0v) is 11.9. The molecule has 0 radical (unpaired) electrons. The minimum absolute atomic E-state index is 0.137. The molecule has 3 rings (SSSR count). The van der Waals surface area contributed by atoms with E-state index in [0.29, 0.717) is 11.1 Å². The Morgan fingerprint density at radius 3 is 2.62 bits per heavy atom. The van der Waals surface area contributed by atoms with Gasteiger partial charge < -0.3 is 10.2 Å². The molecule has 4 nitrogen and oxygen atoms in total. The smallest absolute Gasteiger partial charge is 0.408 e. The van der Waals surface area contributed by atoms with Crippen molar-refractivity contribution in [3.63, 3.8) is 0 Å². The number of hydrogen-bond donors (Lipinski definition) is 2. The van der Waals surface area contributed by atoms with Gasteiger partial charge in [-0.25, -0.2) is 4.79 Å². The van der Waals surface area contributed by atoms with E-state index in [1.807, 2.05) is 36.4 Å². The lowest BCUT2D eigenvalue weighted by molar-refractivity contribution is 0.534. The van der Waals surface area contributed by atoms with Gasteiger partial charge in [-0.05, 0) is 29.7 Å². The third-order valence-corrected chi connectivity index (χ3v) is 3.93. The first-order chi connectivity index (χ1) is 10.2. The molecule has 1 aromatic heterocycles. The van der Waals surface area contributed by atoms with Gasteiger partial charge in [0, 0.05) is 12.0 Å². The molecule has 2 unspecified atom stereocenters. The summed E-state index contributed by atoms with van der Waals surface area (Å²) in [6.45, 7) is 2.13. The second-order valence-electron chi connectivity index (χ2n) is 5.22. The number of oxazole rings is 1. The fourth-order valence-electron chi connectivity index (χ4n) is 2.80. The Hall–Kier alpha value is -2.33. The first-order valence-electron chi connectivity index (χ1n) is 7.12. The number of nitrogens with two attached hydrogens (primary N) is 1. The second kappa shape index (κ2) is 5.58. The summed E-state index contributed by atoms with van der Waals surface area (Å²) in [6.07, 6.45) is 0.945. The third-order valence-electron chi connectivity index (χ3n) is 3.93. The molecule has 3 aromatic rings. The molecule has 0 aliphatic rings. The molecule has 2 aromatic carbocycles. The van der Waals surface area contributed by atoms with Gasteiger partial charge in [-0.2, -0.15) is 0 Å². The monoisotopic (exact) mass is 282 g/mol. The van der Waals surface area contributed by atoms with Crippen molar-refractivity contribution < 1.29 is 4.42 Å². The van der Waals surface area contributed by atoms with Crippen LogP contribution < -0.4 is 11.5 Å². The SMILES string of the molecule is CCC(c1ccccc1)C(N)c1ccc2[nH]c(=O)oc2c1. The van der Waals surface area contributed by atoms with Crippen molar-refractivity contribution in [1.29, 1.82) is 0 Å². The van der Waals surface area contributed by atoms with Crippen molar-refractivity contribution in [2.45, 2.75) is 25.3 Å². The summed E-state index contributed by atoms with van der Waals surface area (Å²) in [7, 11) is 0. The van der Waals surface area contributed by atoms with Crippen molar-refractivity contribution in [2.75, 3.05) is 0 Å². The van der Waals surface area contributed by atoms with Gasteiger partial charge in [0.05, 0.1) is 5.52 Å². The van der Waals surface area contributed by atoms with E-state index in [-0.39, 0.29) is 12.0 Å². The molecule has 3 N–H and O–H groups in total. The number of nitrogens with one attached hydrogen (secondary N) is 1. The minimum atomic E-state index is -0.439. The van der Waals surface area contributed by atoms with Crippen LogP contribution in [0, 0.1) is 0 Å². The van der Waals surface area contributed by atoms with Gasteiger partial charge in [-0.1, -0.05) is 43.3 Å². The highest BCUT2D eigenvalue weighted by Crippen LogP contribution is 2.32. The molecule has 0 fully saturated rings. The number of fused-ring (bicyclic) bond motifs is 1. The number of H-pyrrole nitrogens is 1. The van der Waals surface area contributed by atoms with Crippen molar-refractivity contribution in [3.05, 3.63) is 70.2 Å². The van der Waals surface area contributed by atoms with Gasteiger partial charge >= 0.3 is 5.76 Å². The average Bonchev–Trinajstić information content (AvgIpc) is 2.88. The van der Waals surface area contributed by atoms with Crippen LogP contribution in [0.3, 0.4) is 0 Å². The highest BCUT2D eigenvalue weighted by Gasteiger charge is 2.20. The summed E-state index contributed by atoms with van der Waals surface area (Å²) >= 11 is 0. The molecule has 0 saturated carbocycles. The van der Waals surface area contributed by atoms with Crippen molar-refractivity contribution in [2.24, 2.45) is 5.73 Å². The molecule has 0 spiro atoms. The summed E-state index contributed by atoms with van der Waals surface area (Å²) in [5.41, 5.74) is 9.90. The highest BCUT2D eigenvalue weighted by atomic mass is 16.4. The Bertz CT molecular complexity index is 789. The number of benzene rings is 2. The van der Waals surface area contributed by atoms with Gasteiger partial charge in [-0.15, -0.1) is 0 Å². The molecule has 2 atom stereocenters. The van der Waals surface area contributed by atoms with Gasteiger partial charge in [0.25, 0.3) is 0 Å². The topological polar surface area (TPSA) is 72.0 Å². The average molecular weight is 282 g/mol. The molecule has 4 heteroatoms. The van der Waals surface area contributed by atoms with E-state index in [1.54, 1.807) is 0 Å². The van der Waals surface area contributed by atoms with Crippen LogP contribution in [0.5, 0.6) is 0 Å². The second-order valence-corrected chi connectivity index (χ2v) is 5.22. The molecule has 0 amide bonds. The Kier molecular flexibility index (Phi) is 3.62. The van der Waals surface area contributed by atoms with Gasteiger partial charge in [0.1, 0.15) is 0 Å². The maximum absolute atomic E-state index is 11.2. The summed E-state index contributed by atoms with van der Waals surface area (Å²) in [6, 6.07) is 15.8. The fraction of sp³-hybridized carbons (Fsp3) is 0.235. The summed E-state index contributed by atoms with van der Waals surface area (Å²) in [5.74, 6) is -0.208. The van der Waals surface area contributed by atoms with E-state index >= 15 is 0 Å². The van der Waals surface area contributed by atoms with Crippen LogP contribution in [0.15, 0.2) is 57.7 Å². The number of aromatic nitrogens is 1. The quantitative estimate of drug-likeness (QED) is 0.771. The third kappa shape index (κ3) is 2.62. The predicted molar refractivity (Wildman–Crippen MR) is 83.2 cm³/mol. The van der Waals surface area contributed by atoms with Crippen LogP contribution in [0.4, 0.5) is 0 Å². The molecule has 0 bridgehead atoms. The minimum Gasteiger partial charge on any atom is -0.408 e. The fourth-order valence-corrected chi connectivity index (χ4v) is 2.80. The largest absolute Gasteiger partial charge is 0.417 e. The predicted octanol–water partition coefficient (Wildman–Crippen LogP) is 3.31. The van der Waals surface area contributed by atoms with Crippen molar-refractivity contribution in [3.8, 4) is 0 Å². The van der Waals surface area contributed by atoms with Gasteiger partial charge in [-0.3, -0.25) is 4.98 Å². The summed E-state index contributed by atoms with van der Waals surface area (Å²) in [4.78, 5) is 13.9. The van der Waals surface area contributed by atoms with Crippen LogP contribution in [-0.4, -0.2) is 4.98 Å². The van der Waals surface area contributed by atoms with E-state index in [0.717, 1.165) is 12.0 Å². The molecule has 21 heavy (non-hydrogen) atoms. The Morgan fingerprint density at radius 2 is 1.90 bits per heavy atom. The van der Waals surface area contributed by atoms with E-state index in [2.05, 4.69) is 24.0 Å². The van der Waals surface area contributed by atoms with Crippen LogP contribution in [-0.2, 0) is 0 Å². The van der Waals surface area contributed by atoms with Crippen molar-refractivity contribution >= 4 is 11.1 Å². The Balaban J connectivity index is 1.97. The summed E-state index contributed by atoms with van der Waals surface area (Å²) in [5, 5.41) is 0. The van der Waals surface area contributed by atoms with E-state index < -0.39 is 5.76 Å². The Morgan fingerprint density at radius 1 is 1.14 bits per heavy atom. The van der Waals surface area contributed by atoms with Crippen LogP contribution in [0.2, 0.25) is 0 Å². The summed E-state index contributed by atoms with van der Waals surface area (Å²) < 4.78 is 5.11. The standard InChI is InChI=1S/C17H18N2O2/c1-2-13(11-6-4-3-5-7-11)16(18)12-8-9-14-15(10-12)21-17(20)19-14/h3-10,13,16H,2,18H2,1H3,(H,19,20). The van der Waals surface area contributed by atoms with E-state index in [9.17, 15) is 4.79 Å². The normalized spacial score (nSPS) is 14.2. The molecule has 108 valence electrons. The van der Waals surface area contributed by atoms with Crippen molar-refractivity contribution in [1.82, 2.24) is 4.98 Å². The highest BCUT2D eigenvalue weighted by molar-refractivity contribution is 5.73. The first-order valence-corrected chi connectivity index (χ1v) is 7.12. The number of aromatic amines is 1. The van der Waals surface area contributed by atoms with Crippen LogP contribution in [0.1, 0.15) is 36.4 Å².